The van der Waals surface area contributed by atoms with Gasteiger partial charge in [0.1, 0.15) is 0 Å². The first-order valence-corrected chi connectivity index (χ1v) is 14.6. The van der Waals surface area contributed by atoms with Gasteiger partial charge in [0.25, 0.3) is 0 Å². The Balaban J connectivity index is 2.02. The first kappa shape index (κ1) is 21.0. The fourth-order valence-electron chi connectivity index (χ4n) is 3.92. The van der Waals surface area contributed by atoms with Crippen LogP contribution in [-0.4, -0.2) is 4.98 Å². The van der Waals surface area contributed by atoms with Crippen molar-refractivity contribution in [3.8, 4) is 0 Å². The molecule has 0 fully saturated rings. The maximum absolute atomic E-state index is 6.32. The second kappa shape index (κ2) is 7.80. The normalized spacial score (nSPS) is 13.5. The van der Waals surface area contributed by atoms with Gasteiger partial charge in [0.2, 0.25) is 0 Å². The van der Waals surface area contributed by atoms with E-state index in [4.69, 9.17) is 9.40 Å². The van der Waals surface area contributed by atoms with Gasteiger partial charge in [-0.05, 0) is 0 Å². The van der Waals surface area contributed by atoms with Crippen LogP contribution in [0.15, 0.2) is 102 Å². The van der Waals surface area contributed by atoms with Crippen LogP contribution in [0.3, 0.4) is 0 Å². The number of halogens is 1. The van der Waals surface area contributed by atoms with E-state index in [0.717, 1.165) is 11.7 Å². The predicted molar refractivity (Wildman–Crippen MR) is 133 cm³/mol. The van der Waals surface area contributed by atoms with Gasteiger partial charge in [0.15, 0.2) is 0 Å². The Bertz CT molecular complexity index is 1020. The zero-order valence-electron chi connectivity index (χ0n) is 17.6. The fourth-order valence-corrected chi connectivity index (χ4v) is 11.2. The Kier molecular flexibility index (Phi) is 5.46. The van der Waals surface area contributed by atoms with Crippen LogP contribution in [0.2, 0.25) is 0 Å². The summed E-state index contributed by atoms with van der Waals surface area (Å²) in [5.74, 6) is 1.66. The average Bonchev–Trinajstić information content (AvgIpc) is 3.24. The van der Waals surface area contributed by atoms with Crippen molar-refractivity contribution in [2.45, 2.75) is 32.3 Å². The summed E-state index contributed by atoms with van der Waals surface area (Å²) in [5.41, 5.74) is -0.0831. The monoisotopic (exact) mass is 479 g/mol. The number of hydrogen-bond acceptors (Lipinski definition) is 2. The topological polar surface area (TPSA) is 26.0 Å². The van der Waals surface area contributed by atoms with Gasteiger partial charge >= 0.3 is 187 Å². The minimum absolute atomic E-state index is 0.0831. The summed E-state index contributed by atoms with van der Waals surface area (Å²) in [6.07, 6.45) is 2.55. The number of nitrogens with zero attached hydrogens (tertiary/aromatic N) is 1. The van der Waals surface area contributed by atoms with Crippen molar-refractivity contribution < 1.29 is 4.42 Å². The quantitative estimate of drug-likeness (QED) is 0.313. The van der Waals surface area contributed by atoms with E-state index in [1.807, 2.05) is 6.20 Å². The molecule has 2 nitrogen and oxygen atoms in total. The molecular formula is C26H27BrNOP. The molecule has 1 heterocycles. The number of rotatable bonds is 5. The summed E-state index contributed by atoms with van der Waals surface area (Å²) in [6, 6.07) is 32.2. The van der Waals surface area contributed by atoms with E-state index in [9.17, 15) is 0 Å². The molecule has 0 aliphatic heterocycles. The molecule has 0 spiro atoms. The van der Waals surface area contributed by atoms with Crippen molar-refractivity contribution in [3.63, 3.8) is 0 Å². The van der Waals surface area contributed by atoms with E-state index >= 15 is 0 Å². The number of hydrogen-bond donors (Lipinski definition) is 0. The predicted octanol–water partition coefficient (Wildman–Crippen LogP) is 6.31. The maximum atomic E-state index is 6.32. The van der Waals surface area contributed by atoms with Crippen molar-refractivity contribution in [2.24, 2.45) is 0 Å². The van der Waals surface area contributed by atoms with Crippen LogP contribution in [0.25, 0.3) is 0 Å². The molecule has 1 aromatic heterocycles. The van der Waals surface area contributed by atoms with Gasteiger partial charge in [-0.2, -0.15) is 0 Å². The molecule has 0 bridgehead atoms. The molecule has 0 atom stereocenters. The Hall–Kier alpha value is -2.22. The molecule has 0 aliphatic rings. The Morgan fingerprint density at radius 2 is 1.13 bits per heavy atom. The molecule has 154 valence electrons. The Labute approximate surface area is 187 Å². The molecule has 0 amide bonds. The number of aromatic nitrogens is 1. The molecule has 0 saturated heterocycles. The van der Waals surface area contributed by atoms with Gasteiger partial charge < -0.3 is 0 Å². The van der Waals surface area contributed by atoms with E-state index in [-0.39, 0.29) is 5.41 Å². The number of benzene rings is 3. The Morgan fingerprint density at radius 3 is 1.47 bits per heavy atom. The zero-order valence-corrected chi connectivity index (χ0v) is 20.1. The Morgan fingerprint density at radius 1 is 0.733 bits per heavy atom. The van der Waals surface area contributed by atoms with E-state index in [2.05, 4.69) is 127 Å². The second-order valence-electron chi connectivity index (χ2n) is 8.72. The van der Waals surface area contributed by atoms with Gasteiger partial charge in [-0.3, -0.25) is 0 Å². The van der Waals surface area contributed by atoms with E-state index in [1.54, 1.807) is 0 Å². The third-order valence-electron chi connectivity index (χ3n) is 5.61. The molecular weight excluding hydrogens is 453 g/mol. The summed E-state index contributed by atoms with van der Waals surface area (Å²) in [7, 11) is 0. The summed E-state index contributed by atoms with van der Waals surface area (Å²) in [4.78, 5) is 4.73. The second-order valence-corrected chi connectivity index (χ2v) is 17.6. The van der Waals surface area contributed by atoms with Gasteiger partial charge in [0, 0.05) is 0 Å². The first-order valence-electron chi connectivity index (χ1n) is 10.2. The van der Waals surface area contributed by atoms with Crippen molar-refractivity contribution in [2.75, 3.05) is 0 Å². The van der Waals surface area contributed by atoms with Crippen molar-refractivity contribution in [1.82, 2.24) is 4.98 Å². The third kappa shape index (κ3) is 3.55. The molecule has 30 heavy (non-hydrogen) atoms. The van der Waals surface area contributed by atoms with Crippen LogP contribution in [0.1, 0.15) is 32.4 Å². The van der Waals surface area contributed by atoms with Crippen molar-refractivity contribution >= 4 is 36.7 Å². The average molecular weight is 480 g/mol. The molecule has 0 aliphatic carbocycles. The molecule has 3 aromatic carbocycles. The standard InChI is InChI=1S/C26H27BrNOP/c1-26(2,3)24-19-28-25(29-24)20-30(27,21-13-7-4-8-14-21,22-15-9-5-10-16-22)23-17-11-6-12-18-23/h4-19H,20H2,1-3H3. The van der Waals surface area contributed by atoms with Crippen LogP contribution >= 0.6 is 20.8 Å². The van der Waals surface area contributed by atoms with E-state index in [1.165, 1.54) is 15.9 Å². The van der Waals surface area contributed by atoms with E-state index in [0.29, 0.717) is 6.16 Å². The molecule has 0 saturated carbocycles. The molecule has 4 heteroatoms. The van der Waals surface area contributed by atoms with Crippen molar-refractivity contribution in [1.29, 1.82) is 0 Å². The van der Waals surface area contributed by atoms with Gasteiger partial charge in [-0.15, -0.1) is 0 Å². The van der Waals surface area contributed by atoms with Crippen LogP contribution in [-0.2, 0) is 11.6 Å². The fraction of sp³-hybridized carbons (Fsp3) is 0.192. The van der Waals surface area contributed by atoms with Gasteiger partial charge in [-0.25, -0.2) is 0 Å². The summed E-state index contributed by atoms with van der Waals surface area (Å²) in [6.45, 7) is 6.45. The number of oxazole rings is 1. The molecule has 4 aromatic rings. The van der Waals surface area contributed by atoms with Gasteiger partial charge in [0.05, 0.1) is 0 Å². The van der Waals surface area contributed by atoms with Crippen LogP contribution in [0, 0.1) is 0 Å². The SMILES string of the molecule is CC(C)(C)c1cnc(CP(Br)(c2ccccc2)(c2ccccc2)c2ccccc2)o1. The molecule has 0 radical (unpaired) electrons. The first-order chi connectivity index (χ1) is 14.3. The zero-order chi connectivity index (χ0) is 21.3. The molecule has 4 rings (SSSR count). The van der Waals surface area contributed by atoms with E-state index < -0.39 is 5.31 Å². The molecule has 0 N–H and O–H groups in total. The van der Waals surface area contributed by atoms with Crippen LogP contribution in [0.5, 0.6) is 0 Å². The summed E-state index contributed by atoms with van der Waals surface area (Å²) in [5, 5.41) is 0.710. The third-order valence-corrected chi connectivity index (χ3v) is 15.0. The van der Waals surface area contributed by atoms with Crippen molar-refractivity contribution in [3.05, 3.63) is 109 Å². The van der Waals surface area contributed by atoms with Crippen LogP contribution < -0.4 is 15.9 Å². The minimum atomic E-state index is -3.07. The summed E-state index contributed by atoms with van der Waals surface area (Å²) >= 11 is 4.44. The molecule has 0 unspecified atom stereocenters. The van der Waals surface area contributed by atoms with Crippen LogP contribution in [0.4, 0.5) is 0 Å². The van der Waals surface area contributed by atoms with Gasteiger partial charge in [-0.1, -0.05) is 0 Å². The summed E-state index contributed by atoms with van der Waals surface area (Å²) < 4.78 is 6.32.